The molecule has 4 aromatic rings. The summed E-state index contributed by atoms with van der Waals surface area (Å²) in [6, 6.07) is 8.71. The van der Waals surface area contributed by atoms with Gasteiger partial charge in [-0.25, -0.2) is 8.78 Å². The van der Waals surface area contributed by atoms with Crippen molar-refractivity contribution in [3.63, 3.8) is 0 Å². The molecule has 1 saturated heterocycles. The minimum Gasteiger partial charge on any atom is -0.507 e. The molecule has 1 N–H and O–H groups in total. The highest BCUT2D eigenvalue weighted by molar-refractivity contribution is 6.34. The van der Waals surface area contributed by atoms with Crippen LogP contribution in [0.3, 0.4) is 0 Å². The Hall–Kier alpha value is -4.18. The van der Waals surface area contributed by atoms with Gasteiger partial charge in [0.15, 0.2) is 5.82 Å². The number of ether oxygens (including phenoxy) is 1. The molecule has 1 amide bonds. The lowest BCUT2D eigenvalue weighted by Crippen LogP contribution is -2.58. The van der Waals surface area contributed by atoms with Crippen molar-refractivity contribution in [2.75, 3.05) is 24.6 Å². The molecule has 0 radical (unpaired) electrons. The van der Waals surface area contributed by atoms with Gasteiger partial charge in [-0.1, -0.05) is 31.2 Å². The number of amides is 1. The molecule has 0 spiro atoms. The van der Waals surface area contributed by atoms with Gasteiger partial charge in [-0.3, -0.25) is 4.79 Å². The molecule has 0 bridgehead atoms. The van der Waals surface area contributed by atoms with Crippen molar-refractivity contribution in [3.8, 4) is 22.9 Å². The molecule has 1 aliphatic heterocycles. The fourth-order valence-corrected chi connectivity index (χ4v) is 5.79. The molecule has 0 aliphatic carbocycles. The van der Waals surface area contributed by atoms with Gasteiger partial charge in [-0.15, -0.1) is 0 Å². The van der Waals surface area contributed by atoms with Crippen LogP contribution in [-0.4, -0.2) is 62.2 Å². The second-order valence-corrected chi connectivity index (χ2v) is 10.8. The molecule has 8 nitrogen and oxygen atoms in total. The molecule has 42 heavy (non-hydrogen) atoms. The van der Waals surface area contributed by atoms with E-state index in [9.17, 15) is 14.3 Å². The number of phenols is 1. The van der Waals surface area contributed by atoms with Crippen LogP contribution in [-0.2, 0) is 17.8 Å². The zero-order chi connectivity index (χ0) is 30.1. The molecule has 5 rings (SSSR count). The van der Waals surface area contributed by atoms with Crippen molar-refractivity contribution in [3.05, 3.63) is 77.6 Å². The van der Waals surface area contributed by atoms with E-state index in [1.54, 1.807) is 4.90 Å². The van der Waals surface area contributed by atoms with Crippen LogP contribution in [0.2, 0.25) is 5.02 Å². The summed E-state index contributed by atoms with van der Waals surface area (Å²) in [6.07, 6.45) is 4.10. The van der Waals surface area contributed by atoms with Crippen LogP contribution in [0.25, 0.3) is 22.0 Å². The predicted molar refractivity (Wildman–Crippen MR) is 159 cm³/mol. The summed E-state index contributed by atoms with van der Waals surface area (Å²) >= 11 is 6.57. The zero-order valence-electron chi connectivity index (χ0n) is 23.6. The van der Waals surface area contributed by atoms with Gasteiger partial charge in [0.2, 0.25) is 5.91 Å². The maximum Gasteiger partial charge on any atom is 0.319 e. The Balaban J connectivity index is 1.62. The molecule has 1 fully saturated rings. The number of nitrogens with zero attached hydrogens (tertiary/aromatic N) is 5. The highest BCUT2D eigenvalue weighted by Gasteiger charge is 2.34. The Labute approximate surface area is 247 Å². The number of carbonyl (C=O) groups excluding carboxylic acids is 1. The summed E-state index contributed by atoms with van der Waals surface area (Å²) in [5.74, 6) is -1.99. The summed E-state index contributed by atoms with van der Waals surface area (Å²) in [5, 5.41) is 10.6. The van der Waals surface area contributed by atoms with Crippen LogP contribution >= 0.6 is 11.6 Å². The van der Waals surface area contributed by atoms with Crippen molar-refractivity contribution in [1.82, 2.24) is 19.4 Å². The third-order valence-electron chi connectivity index (χ3n) is 7.65. The van der Waals surface area contributed by atoms with Crippen molar-refractivity contribution >= 4 is 34.2 Å². The van der Waals surface area contributed by atoms with E-state index in [0.717, 1.165) is 18.2 Å². The van der Waals surface area contributed by atoms with Gasteiger partial charge in [0.25, 0.3) is 0 Å². The SMILES string of the molecule is C=CC(=O)N1C[C@H](C)N(c2nc(OCCn3cccc3CC)nc3c(F)c(-c4c(O)cccc4F)c(Cl)cc23)C[C@H]1C. The third kappa shape index (κ3) is 5.38. The second kappa shape index (κ2) is 12.0. The Bertz CT molecular complexity index is 1640. The Kier molecular flexibility index (Phi) is 8.36. The quantitative estimate of drug-likeness (QED) is 0.252. The number of fused-ring (bicyclic) bond motifs is 1. The molecular formula is C31H32ClF2N5O3. The highest BCUT2D eigenvalue weighted by Crippen LogP contribution is 2.43. The monoisotopic (exact) mass is 595 g/mol. The Morgan fingerprint density at radius 2 is 1.95 bits per heavy atom. The average molecular weight is 596 g/mol. The number of piperazine rings is 1. The van der Waals surface area contributed by atoms with Crippen molar-refractivity contribution < 1.29 is 23.4 Å². The number of carbonyl (C=O) groups is 1. The van der Waals surface area contributed by atoms with Crippen LogP contribution in [0, 0.1) is 11.6 Å². The topological polar surface area (TPSA) is 83.7 Å². The Morgan fingerprint density at radius 3 is 2.67 bits per heavy atom. The van der Waals surface area contributed by atoms with E-state index in [1.807, 2.05) is 37.1 Å². The number of anilines is 1. The van der Waals surface area contributed by atoms with Crippen molar-refractivity contribution in [2.24, 2.45) is 0 Å². The van der Waals surface area contributed by atoms with Crippen LogP contribution < -0.4 is 9.64 Å². The van der Waals surface area contributed by atoms with Gasteiger partial charge in [0, 0.05) is 48.0 Å². The number of hydrogen-bond donors (Lipinski definition) is 1. The Morgan fingerprint density at radius 1 is 1.17 bits per heavy atom. The van der Waals surface area contributed by atoms with Crippen LogP contribution in [0.1, 0.15) is 26.5 Å². The zero-order valence-corrected chi connectivity index (χ0v) is 24.4. The van der Waals surface area contributed by atoms with Gasteiger partial charge in [-0.2, -0.15) is 9.97 Å². The fourth-order valence-electron chi connectivity index (χ4n) is 5.50. The standard InChI is InChI=1S/C31H32ClF2N5O3/c1-5-20-9-8-12-37(20)13-14-42-31-35-29-21(15-22(32)26(28(29)34)27-23(33)10-7-11-24(27)40)30(36-31)39-17-18(3)38(16-19(39)4)25(41)6-2/h6-12,15,18-19,40H,2,5,13-14,16-17H2,1,3-4H3/t18-,19+/m1/s1. The van der Waals surface area contributed by atoms with Crippen LogP contribution in [0.5, 0.6) is 11.8 Å². The number of halogens is 3. The molecule has 1 aliphatic rings. The van der Waals surface area contributed by atoms with Gasteiger partial charge < -0.3 is 24.2 Å². The van der Waals surface area contributed by atoms with E-state index < -0.39 is 17.4 Å². The molecule has 2 aromatic heterocycles. The average Bonchev–Trinajstić information content (AvgIpc) is 3.42. The highest BCUT2D eigenvalue weighted by atomic mass is 35.5. The number of hydrogen-bond acceptors (Lipinski definition) is 6. The first-order valence-corrected chi connectivity index (χ1v) is 14.2. The van der Waals surface area contributed by atoms with E-state index in [4.69, 9.17) is 21.3 Å². The number of aryl methyl sites for hydroxylation is 1. The maximum atomic E-state index is 16.3. The minimum absolute atomic E-state index is 0.0583. The van der Waals surface area contributed by atoms with Crippen LogP contribution in [0.4, 0.5) is 14.6 Å². The first-order chi connectivity index (χ1) is 20.1. The normalized spacial score (nSPS) is 17.1. The van der Waals surface area contributed by atoms with Crippen molar-refractivity contribution in [1.29, 1.82) is 0 Å². The number of aromatic nitrogens is 3. The lowest BCUT2D eigenvalue weighted by molar-refractivity contribution is -0.128. The molecular weight excluding hydrogens is 564 g/mol. The van der Waals surface area contributed by atoms with Crippen molar-refractivity contribution in [2.45, 2.75) is 45.8 Å². The summed E-state index contributed by atoms with van der Waals surface area (Å²) in [4.78, 5) is 25.2. The molecule has 2 aromatic carbocycles. The maximum absolute atomic E-state index is 16.3. The van der Waals surface area contributed by atoms with E-state index in [-0.39, 0.29) is 52.3 Å². The van der Waals surface area contributed by atoms with Gasteiger partial charge in [-0.05, 0) is 56.7 Å². The summed E-state index contributed by atoms with van der Waals surface area (Å²) in [6.45, 7) is 11.0. The largest absolute Gasteiger partial charge is 0.507 e. The lowest BCUT2D eigenvalue weighted by atomic mass is 10.0. The fraction of sp³-hybridized carbons (Fsp3) is 0.323. The van der Waals surface area contributed by atoms with Gasteiger partial charge in [0.05, 0.1) is 17.1 Å². The second-order valence-electron chi connectivity index (χ2n) is 10.3. The van der Waals surface area contributed by atoms with Gasteiger partial charge >= 0.3 is 6.01 Å². The molecule has 3 heterocycles. The number of rotatable bonds is 8. The summed E-state index contributed by atoms with van der Waals surface area (Å²) in [7, 11) is 0. The summed E-state index contributed by atoms with van der Waals surface area (Å²) in [5.41, 5.74) is 0.348. The van der Waals surface area contributed by atoms with E-state index in [0.29, 0.717) is 30.8 Å². The van der Waals surface area contributed by atoms with E-state index in [2.05, 4.69) is 23.1 Å². The lowest BCUT2D eigenvalue weighted by Gasteiger charge is -2.44. The van der Waals surface area contributed by atoms with E-state index >= 15 is 4.39 Å². The van der Waals surface area contributed by atoms with Crippen LogP contribution in [0.15, 0.2) is 55.3 Å². The molecule has 0 unspecified atom stereocenters. The molecule has 11 heteroatoms. The minimum atomic E-state index is -0.911. The predicted octanol–water partition coefficient (Wildman–Crippen LogP) is 5.99. The number of benzene rings is 2. The molecule has 2 atom stereocenters. The molecule has 220 valence electrons. The number of phenolic OH excluding ortho intramolecular Hbond substituents is 1. The third-order valence-corrected chi connectivity index (χ3v) is 7.95. The first-order valence-electron chi connectivity index (χ1n) is 13.8. The smallest absolute Gasteiger partial charge is 0.319 e. The molecule has 0 saturated carbocycles. The summed E-state index contributed by atoms with van der Waals surface area (Å²) < 4.78 is 39.2. The van der Waals surface area contributed by atoms with E-state index in [1.165, 1.54) is 24.3 Å². The first kappa shape index (κ1) is 29.3. The number of aromatic hydroxyl groups is 1. The van der Waals surface area contributed by atoms with Gasteiger partial charge in [0.1, 0.15) is 29.5 Å².